The van der Waals surface area contributed by atoms with Crippen LogP contribution in [0.25, 0.3) is 10.9 Å². The Morgan fingerprint density at radius 2 is 1.82 bits per heavy atom. The van der Waals surface area contributed by atoms with E-state index in [1.807, 2.05) is 42.5 Å². The third-order valence-electron chi connectivity index (χ3n) is 2.94. The maximum absolute atomic E-state index is 8.36. The number of carboxylic acid groups (broad SMARTS) is 1. The zero-order chi connectivity index (χ0) is 15.9. The molecule has 2 aromatic carbocycles. The first-order valence-electron chi connectivity index (χ1n) is 6.47. The van der Waals surface area contributed by atoms with Crippen LogP contribution in [0.4, 0.5) is 5.82 Å². The van der Waals surface area contributed by atoms with Crippen LogP contribution in [-0.2, 0) is 11.2 Å². The van der Waals surface area contributed by atoms with Gasteiger partial charge in [-0.15, -0.1) is 0 Å². The average Bonchev–Trinajstić information content (AvgIpc) is 2.50. The highest BCUT2D eigenvalue weighted by Crippen LogP contribution is 2.22. The Labute approximate surface area is 132 Å². The van der Waals surface area contributed by atoms with Crippen LogP contribution in [0.15, 0.2) is 48.5 Å². The summed E-state index contributed by atoms with van der Waals surface area (Å²) in [7, 11) is 0. The summed E-state index contributed by atoms with van der Waals surface area (Å²) < 4.78 is 0. The van der Waals surface area contributed by atoms with Crippen molar-refractivity contribution >= 4 is 34.8 Å². The van der Waals surface area contributed by atoms with Crippen LogP contribution in [0.2, 0.25) is 5.02 Å². The summed E-state index contributed by atoms with van der Waals surface area (Å²) in [6, 6.07) is 15.5. The predicted molar refractivity (Wildman–Crippen MR) is 86.9 cm³/mol. The van der Waals surface area contributed by atoms with Crippen LogP contribution >= 0.6 is 11.6 Å². The molecule has 1 aromatic heterocycles. The van der Waals surface area contributed by atoms with Gasteiger partial charge in [0.1, 0.15) is 11.6 Å². The van der Waals surface area contributed by atoms with Crippen molar-refractivity contribution in [2.75, 3.05) is 5.73 Å². The second-order valence-corrected chi connectivity index (χ2v) is 4.89. The SMILES string of the molecule is Nc1nc(Cc2ccccc2)nc2ccc(Cl)cc12.O=CO. The van der Waals surface area contributed by atoms with E-state index in [0.717, 1.165) is 22.3 Å². The summed E-state index contributed by atoms with van der Waals surface area (Å²) in [5, 5.41) is 8.32. The maximum atomic E-state index is 8.36. The van der Waals surface area contributed by atoms with Gasteiger partial charge in [-0.05, 0) is 23.8 Å². The molecule has 3 N–H and O–H groups in total. The first kappa shape index (κ1) is 15.7. The number of nitrogens with zero attached hydrogens (tertiary/aromatic N) is 2. The number of nitrogen functional groups attached to an aromatic ring is 1. The van der Waals surface area contributed by atoms with Gasteiger partial charge < -0.3 is 10.8 Å². The standard InChI is InChI=1S/C15H12ClN3.CH2O2/c16-11-6-7-13-12(9-11)15(17)19-14(18-13)8-10-4-2-1-3-5-10;2-1-3/h1-7,9H,8H2,(H2,17,18,19);1H,(H,2,3). The van der Waals surface area contributed by atoms with Crippen molar-refractivity contribution in [2.45, 2.75) is 6.42 Å². The number of rotatable bonds is 2. The minimum absolute atomic E-state index is 0.250. The third kappa shape index (κ3) is 3.93. The van der Waals surface area contributed by atoms with Gasteiger partial charge in [0.05, 0.1) is 5.52 Å². The molecule has 0 fully saturated rings. The molecule has 1 heterocycles. The van der Waals surface area contributed by atoms with Crippen LogP contribution in [0.3, 0.4) is 0 Å². The molecule has 0 bridgehead atoms. The van der Waals surface area contributed by atoms with Crippen molar-refractivity contribution in [2.24, 2.45) is 0 Å². The number of fused-ring (bicyclic) bond motifs is 1. The van der Waals surface area contributed by atoms with Crippen molar-refractivity contribution in [1.82, 2.24) is 9.97 Å². The van der Waals surface area contributed by atoms with Gasteiger partial charge in [0.2, 0.25) is 0 Å². The smallest absolute Gasteiger partial charge is 0.290 e. The Bertz CT molecular complexity index is 779. The van der Waals surface area contributed by atoms with E-state index in [0.29, 0.717) is 17.3 Å². The largest absolute Gasteiger partial charge is 0.483 e. The van der Waals surface area contributed by atoms with Gasteiger partial charge in [-0.3, -0.25) is 4.79 Å². The highest BCUT2D eigenvalue weighted by molar-refractivity contribution is 6.31. The lowest BCUT2D eigenvalue weighted by Crippen LogP contribution is -2.01. The van der Waals surface area contributed by atoms with E-state index in [4.69, 9.17) is 27.2 Å². The van der Waals surface area contributed by atoms with Crippen molar-refractivity contribution in [1.29, 1.82) is 0 Å². The highest BCUT2D eigenvalue weighted by Gasteiger charge is 2.06. The molecule has 0 atom stereocenters. The molecule has 0 aliphatic carbocycles. The van der Waals surface area contributed by atoms with E-state index in [2.05, 4.69) is 9.97 Å². The van der Waals surface area contributed by atoms with Crippen LogP contribution in [0, 0.1) is 0 Å². The number of carbonyl (C=O) groups is 1. The average molecular weight is 316 g/mol. The zero-order valence-corrected chi connectivity index (χ0v) is 12.4. The number of anilines is 1. The summed E-state index contributed by atoms with van der Waals surface area (Å²) in [6.45, 7) is -0.250. The predicted octanol–water partition coefficient (Wildman–Crippen LogP) is 3.16. The number of hydrogen-bond donors (Lipinski definition) is 2. The molecule has 6 heteroatoms. The maximum Gasteiger partial charge on any atom is 0.290 e. The molecule has 5 nitrogen and oxygen atoms in total. The Kier molecular flexibility index (Phi) is 5.27. The molecular weight excluding hydrogens is 302 g/mol. The highest BCUT2D eigenvalue weighted by atomic mass is 35.5. The molecule has 0 saturated carbocycles. The van der Waals surface area contributed by atoms with Gasteiger partial charge >= 0.3 is 0 Å². The second kappa shape index (κ2) is 7.38. The molecule has 3 aromatic rings. The lowest BCUT2D eigenvalue weighted by atomic mass is 10.1. The van der Waals surface area contributed by atoms with Crippen LogP contribution < -0.4 is 5.73 Å². The van der Waals surface area contributed by atoms with E-state index in [9.17, 15) is 0 Å². The van der Waals surface area contributed by atoms with Crippen molar-refractivity contribution in [3.8, 4) is 0 Å². The molecule has 0 aliphatic rings. The first-order chi connectivity index (χ1) is 10.6. The summed E-state index contributed by atoms with van der Waals surface area (Å²) in [5.74, 6) is 1.19. The summed E-state index contributed by atoms with van der Waals surface area (Å²) in [5.41, 5.74) is 7.95. The lowest BCUT2D eigenvalue weighted by Gasteiger charge is -2.06. The topological polar surface area (TPSA) is 89.1 Å². The zero-order valence-electron chi connectivity index (χ0n) is 11.6. The number of halogens is 1. The van der Waals surface area contributed by atoms with Gasteiger partial charge in [0, 0.05) is 16.8 Å². The van der Waals surface area contributed by atoms with E-state index >= 15 is 0 Å². The quantitative estimate of drug-likeness (QED) is 0.709. The van der Waals surface area contributed by atoms with Gasteiger partial charge in [0.25, 0.3) is 6.47 Å². The monoisotopic (exact) mass is 315 g/mol. The van der Waals surface area contributed by atoms with Gasteiger partial charge in [0.15, 0.2) is 0 Å². The Balaban J connectivity index is 0.000000545. The van der Waals surface area contributed by atoms with Gasteiger partial charge in [-0.2, -0.15) is 0 Å². The number of hydrogen-bond acceptors (Lipinski definition) is 4. The molecule has 0 radical (unpaired) electrons. The number of aromatic nitrogens is 2. The molecular formula is C16H14ClN3O2. The van der Waals surface area contributed by atoms with Crippen LogP contribution in [0.5, 0.6) is 0 Å². The van der Waals surface area contributed by atoms with Crippen LogP contribution in [0.1, 0.15) is 11.4 Å². The minimum atomic E-state index is -0.250. The molecule has 0 unspecified atom stereocenters. The fraction of sp³-hybridized carbons (Fsp3) is 0.0625. The minimum Gasteiger partial charge on any atom is -0.483 e. The Morgan fingerprint density at radius 3 is 2.50 bits per heavy atom. The molecule has 0 saturated heterocycles. The summed E-state index contributed by atoms with van der Waals surface area (Å²) in [6.07, 6.45) is 0.670. The summed E-state index contributed by atoms with van der Waals surface area (Å²) in [4.78, 5) is 17.2. The Morgan fingerprint density at radius 1 is 1.14 bits per heavy atom. The number of benzene rings is 2. The molecule has 0 spiro atoms. The number of nitrogens with two attached hydrogens (primary N) is 1. The fourth-order valence-electron chi connectivity index (χ4n) is 2.03. The normalized spacial score (nSPS) is 9.86. The van der Waals surface area contributed by atoms with Crippen molar-refractivity contribution in [3.05, 3.63) is 64.9 Å². The van der Waals surface area contributed by atoms with Crippen LogP contribution in [-0.4, -0.2) is 21.5 Å². The van der Waals surface area contributed by atoms with E-state index < -0.39 is 0 Å². The van der Waals surface area contributed by atoms with Crippen molar-refractivity contribution in [3.63, 3.8) is 0 Å². The van der Waals surface area contributed by atoms with Gasteiger partial charge in [-0.1, -0.05) is 41.9 Å². The molecule has 112 valence electrons. The van der Waals surface area contributed by atoms with Crippen molar-refractivity contribution < 1.29 is 9.90 Å². The molecule has 0 amide bonds. The fourth-order valence-corrected chi connectivity index (χ4v) is 2.20. The summed E-state index contributed by atoms with van der Waals surface area (Å²) >= 11 is 5.95. The second-order valence-electron chi connectivity index (χ2n) is 4.45. The van der Waals surface area contributed by atoms with E-state index in [1.165, 1.54) is 0 Å². The lowest BCUT2D eigenvalue weighted by molar-refractivity contribution is -0.122. The van der Waals surface area contributed by atoms with E-state index in [-0.39, 0.29) is 6.47 Å². The molecule has 0 aliphatic heterocycles. The Hall–Kier alpha value is -2.66. The van der Waals surface area contributed by atoms with Gasteiger partial charge in [-0.25, -0.2) is 9.97 Å². The third-order valence-corrected chi connectivity index (χ3v) is 3.17. The first-order valence-corrected chi connectivity index (χ1v) is 6.85. The van der Waals surface area contributed by atoms with E-state index in [1.54, 1.807) is 6.07 Å². The molecule has 22 heavy (non-hydrogen) atoms. The molecule has 3 rings (SSSR count).